The van der Waals surface area contributed by atoms with Gasteiger partial charge in [0.05, 0.1) is 0 Å². The van der Waals surface area contributed by atoms with E-state index in [1.165, 1.54) is 44.4 Å². The average Bonchev–Trinajstić information content (AvgIpc) is 2.33. The molecule has 1 saturated carbocycles. The highest BCUT2D eigenvalue weighted by atomic mass is 32.2. The molecule has 0 heterocycles. The second kappa shape index (κ2) is 7.05. The maximum atomic E-state index is 3.79. The van der Waals surface area contributed by atoms with Gasteiger partial charge in [0, 0.05) is 12.1 Å². The molecule has 0 aromatic heterocycles. The molecule has 20 heavy (non-hydrogen) atoms. The molecular weight excluding hydrogens is 262 g/mol. The molecular formula is C18H37NS. The standard InChI is InChI=1S/C18H37NS/c1-16(2,3)15-8-10-18(11-9-15,12-13-20-7)14-19-17(4,5)6/h15,19H,8-14H2,1-7H3. The van der Waals surface area contributed by atoms with Crippen molar-refractivity contribution in [2.75, 3.05) is 18.6 Å². The number of hydrogen-bond acceptors (Lipinski definition) is 2. The molecule has 1 aliphatic carbocycles. The second-order valence-corrected chi connectivity index (χ2v) is 9.97. The maximum Gasteiger partial charge on any atom is 0.00967 e. The zero-order chi connectivity index (χ0) is 15.4. The van der Waals surface area contributed by atoms with Crippen molar-refractivity contribution in [3.05, 3.63) is 0 Å². The molecule has 0 spiro atoms. The molecule has 0 unspecified atom stereocenters. The summed E-state index contributed by atoms with van der Waals surface area (Å²) in [7, 11) is 0. The Labute approximate surface area is 132 Å². The van der Waals surface area contributed by atoms with Crippen LogP contribution in [0.15, 0.2) is 0 Å². The Morgan fingerprint density at radius 2 is 1.60 bits per heavy atom. The number of nitrogens with one attached hydrogen (secondary N) is 1. The molecule has 0 amide bonds. The van der Waals surface area contributed by atoms with E-state index in [1.807, 2.05) is 11.8 Å². The lowest BCUT2D eigenvalue weighted by Gasteiger charge is -2.45. The van der Waals surface area contributed by atoms with Crippen LogP contribution in [0.3, 0.4) is 0 Å². The summed E-state index contributed by atoms with van der Waals surface area (Å²) in [6.07, 6.45) is 9.30. The first-order valence-electron chi connectivity index (χ1n) is 8.32. The molecule has 0 radical (unpaired) electrons. The van der Waals surface area contributed by atoms with Gasteiger partial charge in [-0.15, -0.1) is 0 Å². The zero-order valence-electron chi connectivity index (χ0n) is 14.9. The molecule has 0 aromatic rings. The fourth-order valence-corrected chi connectivity index (χ4v) is 4.02. The molecule has 0 saturated heterocycles. The third-order valence-corrected chi connectivity index (χ3v) is 5.71. The van der Waals surface area contributed by atoms with Crippen molar-refractivity contribution in [2.24, 2.45) is 16.7 Å². The van der Waals surface area contributed by atoms with Gasteiger partial charge in [0.2, 0.25) is 0 Å². The molecule has 0 bridgehead atoms. The van der Waals surface area contributed by atoms with Crippen molar-refractivity contribution in [3.63, 3.8) is 0 Å². The predicted molar refractivity (Wildman–Crippen MR) is 94.6 cm³/mol. The Kier molecular flexibility index (Phi) is 6.47. The third-order valence-electron chi connectivity index (χ3n) is 5.10. The van der Waals surface area contributed by atoms with Crippen LogP contribution in [-0.4, -0.2) is 24.1 Å². The summed E-state index contributed by atoms with van der Waals surface area (Å²) >= 11 is 2.01. The molecule has 0 aromatic carbocycles. The molecule has 0 aliphatic heterocycles. The Morgan fingerprint density at radius 1 is 1.05 bits per heavy atom. The van der Waals surface area contributed by atoms with Gasteiger partial charge in [-0.2, -0.15) is 11.8 Å². The van der Waals surface area contributed by atoms with Crippen LogP contribution in [0.25, 0.3) is 0 Å². The highest BCUT2D eigenvalue weighted by molar-refractivity contribution is 7.98. The molecule has 1 N–H and O–H groups in total. The smallest absolute Gasteiger partial charge is 0.00967 e. The van der Waals surface area contributed by atoms with Crippen LogP contribution in [0.4, 0.5) is 0 Å². The van der Waals surface area contributed by atoms with Crippen LogP contribution in [0.5, 0.6) is 0 Å². The van der Waals surface area contributed by atoms with Crippen LogP contribution >= 0.6 is 11.8 Å². The molecule has 1 nitrogen and oxygen atoms in total. The van der Waals surface area contributed by atoms with Gasteiger partial charge in [0.25, 0.3) is 0 Å². The Balaban J connectivity index is 2.63. The molecule has 0 atom stereocenters. The van der Waals surface area contributed by atoms with Crippen molar-refractivity contribution in [1.29, 1.82) is 0 Å². The van der Waals surface area contributed by atoms with E-state index in [2.05, 4.69) is 53.1 Å². The molecule has 2 heteroatoms. The summed E-state index contributed by atoms with van der Waals surface area (Å²) in [5.74, 6) is 2.23. The molecule has 1 fully saturated rings. The average molecular weight is 300 g/mol. The first-order chi connectivity index (χ1) is 9.08. The molecule has 1 rings (SSSR count). The van der Waals surface area contributed by atoms with Gasteiger partial charge in [-0.25, -0.2) is 0 Å². The van der Waals surface area contributed by atoms with E-state index in [9.17, 15) is 0 Å². The van der Waals surface area contributed by atoms with Gasteiger partial charge in [-0.05, 0) is 81.6 Å². The van der Waals surface area contributed by atoms with E-state index in [0.29, 0.717) is 10.8 Å². The van der Waals surface area contributed by atoms with Gasteiger partial charge in [-0.1, -0.05) is 20.8 Å². The number of rotatable bonds is 5. The minimum absolute atomic E-state index is 0.243. The fraction of sp³-hybridized carbons (Fsp3) is 1.00. The zero-order valence-corrected chi connectivity index (χ0v) is 15.8. The van der Waals surface area contributed by atoms with E-state index >= 15 is 0 Å². The van der Waals surface area contributed by atoms with E-state index in [1.54, 1.807) is 0 Å². The Bertz CT molecular complexity index is 277. The van der Waals surface area contributed by atoms with E-state index in [0.717, 1.165) is 5.92 Å². The summed E-state index contributed by atoms with van der Waals surface area (Å²) in [6.45, 7) is 15.3. The highest BCUT2D eigenvalue weighted by Gasteiger charge is 2.38. The largest absolute Gasteiger partial charge is 0.312 e. The Hall–Kier alpha value is 0.310. The maximum absolute atomic E-state index is 3.79. The summed E-state index contributed by atoms with van der Waals surface area (Å²) in [5, 5.41) is 3.79. The van der Waals surface area contributed by atoms with Gasteiger partial charge >= 0.3 is 0 Å². The van der Waals surface area contributed by atoms with Crippen molar-refractivity contribution < 1.29 is 0 Å². The van der Waals surface area contributed by atoms with Gasteiger partial charge < -0.3 is 5.32 Å². The summed E-state index contributed by atoms with van der Waals surface area (Å²) < 4.78 is 0. The minimum atomic E-state index is 0.243. The summed E-state index contributed by atoms with van der Waals surface area (Å²) in [5.41, 5.74) is 1.29. The Morgan fingerprint density at radius 3 is 2.00 bits per heavy atom. The van der Waals surface area contributed by atoms with Gasteiger partial charge in [0.1, 0.15) is 0 Å². The monoisotopic (exact) mass is 299 g/mol. The fourth-order valence-electron chi connectivity index (χ4n) is 3.38. The minimum Gasteiger partial charge on any atom is -0.312 e. The lowest BCUT2D eigenvalue weighted by Crippen LogP contribution is -2.46. The van der Waals surface area contributed by atoms with Crippen LogP contribution in [0.2, 0.25) is 0 Å². The predicted octanol–water partition coefficient (Wildman–Crippen LogP) is 5.35. The van der Waals surface area contributed by atoms with Crippen molar-refractivity contribution in [2.45, 2.75) is 79.2 Å². The second-order valence-electron chi connectivity index (χ2n) is 8.99. The normalized spacial score (nSPS) is 28.6. The van der Waals surface area contributed by atoms with Crippen LogP contribution < -0.4 is 5.32 Å². The van der Waals surface area contributed by atoms with E-state index in [-0.39, 0.29) is 5.54 Å². The quantitative estimate of drug-likeness (QED) is 0.734. The lowest BCUT2D eigenvalue weighted by atomic mass is 9.63. The summed E-state index contributed by atoms with van der Waals surface area (Å²) in [6, 6.07) is 0. The van der Waals surface area contributed by atoms with Crippen LogP contribution in [0.1, 0.15) is 73.6 Å². The van der Waals surface area contributed by atoms with Crippen LogP contribution in [0, 0.1) is 16.7 Å². The molecule has 1 aliphatic rings. The number of hydrogen-bond donors (Lipinski definition) is 1. The molecule has 120 valence electrons. The highest BCUT2D eigenvalue weighted by Crippen LogP contribution is 2.47. The van der Waals surface area contributed by atoms with E-state index < -0.39 is 0 Å². The third kappa shape index (κ3) is 5.97. The van der Waals surface area contributed by atoms with Crippen molar-refractivity contribution in [3.8, 4) is 0 Å². The lowest BCUT2D eigenvalue weighted by molar-refractivity contribution is 0.0790. The first kappa shape index (κ1) is 18.4. The first-order valence-corrected chi connectivity index (χ1v) is 9.71. The topological polar surface area (TPSA) is 12.0 Å². The van der Waals surface area contributed by atoms with Gasteiger partial charge in [0.15, 0.2) is 0 Å². The van der Waals surface area contributed by atoms with Crippen molar-refractivity contribution in [1.82, 2.24) is 5.32 Å². The van der Waals surface area contributed by atoms with Crippen LogP contribution in [-0.2, 0) is 0 Å². The SMILES string of the molecule is CSCCC1(CNC(C)(C)C)CCC(C(C)(C)C)CC1. The van der Waals surface area contributed by atoms with E-state index in [4.69, 9.17) is 0 Å². The van der Waals surface area contributed by atoms with Crippen molar-refractivity contribution >= 4 is 11.8 Å². The number of thioether (sulfide) groups is 1. The summed E-state index contributed by atoms with van der Waals surface area (Å²) in [4.78, 5) is 0. The van der Waals surface area contributed by atoms with Gasteiger partial charge in [-0.3, -0.25) is 0 Å².